The Morgan fingerprint density at radius 1 is 0.920 bits per heavy atom. The van der Waals surface area contributed by atoms with Crippen molar-refractivity contribution in [3.8, 4) is 22.4 Å². The molecular formula is C19H12BrFN4. The average molecular weight is 395 g/mol. The van der Waals surface area contributed by atoms with Gasteiger partial charge in [0.2, 0.25) is 5.95 Å². The predicted molar refractivity (Wildman–Crippen MR) is 100 cm³/mol. The third-order valence-corrected chi connectivity index (χ3v) is 4.35. The smallest absolute Gasteiger partial charge is 0.222 e. The molecule has 0 aliphatic carbocycles. The minimum Gasteiger partial charge on any atom is -0.368 e. The number of benzene rings is 2. The van der Waals surface area contributed by atoms with Crippen LogP contribution in [0.5, 0.6) is 0 Å². The van der Waals surface area contributed by atoms with Gasteiger partial charge in [-0.25, -0.2) is 14.4 Å². The molecule has 0 aliphatic heterocycles. The Bertz CT molecular complexity index is 1080. The Balaban J connectivity index is 2.01. The summed E-state index contributed by atoms with van der Waals surface area (Å²) in [6.07, 6.45) is 1.68. The highest BCUT2D eigenvalue weighted by atomic mass is 79.9. The second-order valence-corrected chi connectivity index (χ2v) is 6.45. The number of nitrogen functional groups attached to an aromatic ring is 1. The van der Waals surface area contributed by atoms with E-state index >= 15 is 0 Å². The van der Waals surface area contributed by atoms with E-state index < -0.39 is 0 Å². The molecule has 6 heteroatoms. The zero-order chi connectivity index (χ0) is 17.4. The van der Waals surface area contributed by atoms with Crippen LogP contribution in [0.15, 0.2) is 65.3 Å². The van der Waals surface area contributed by atoms with Crippen LogP contribution in [-0.4, -0.2) is 15.0 Å². The number of anilines is 1. The molecule has 0 atom stereocenters. The number of nitrogens with two attached hydrogens (primary N) is 1. The van der Waals surface area contributed by atoms with Crippen molar-refractivity contribution in [2.75, 3.05) is 5.73 Å². The first kappa shape index (κ1) is 15.7. The van der Waals surface area contributed by atoms with Gasteiger partial charge >= 0.3 is 0 Å². The maximum Gasteiger partial charge on any atom is 0.222 e. The molecule has 0 amide bonds. The fourth-order valence-corrected chi connectivity index (χ4v) is 3.08. The second-order valence-electron chi connectivity index (χ2n) is 5.54. The van der Waals surface area contributed by atoms with Crippen LogP contribution in [0.25, 0.3) is 33.4 Å². The van der Waals surface area contributed by atoms with Crippen molar-refractivity contribution in [3.63, 3.8) is 0 Å². The molecule has 0 aliphatic rings. The summed E-state index contributed by atoms with van der Waals surface area (Å²) >= 11 is 3.50. The molecule has 4 rings (SSSR count). The van der Waals surface area contributed by atoms with E-state index in [9.17, 15) is 4.39 Å². The van der Waals surface area contributed by atoms with E-state index in [1.807, 2.05) is 30.3 Å². The molecule has 0 fully saturated rings. The van der Waals surface area contributed by atoms with E-state index in [0.717, 1.165) is 26.5 Å². The molecular weight excluding hydrogens is 383 g/mol. The molecule has 0 saturated carbocycles. The molecule has 0 saturated heterocycles. The molecule has 4 nitrogen and oxygen atoms in total. The first-order chi connectivity index (χ1) is 12.1. The fraction of sp³-hybridized carbons (Fsp3) is 0. The van der Waals surface area contributed by atoms with Gasteiger partial charge in [-0.2, -0.15) is 4.98 Å². The number of hydrogen-bond acceptors (Lipinski definition) is 4. The van der Waals surface area contributed by atoms with E-state index in [0.29, 0.717) is 11.3 Å². The van der Waals surface area contributed by atoms with Gasteiger partial charge in [0.25, 0.3) is 0 Å². The zero-order valence-corrected chi connectivity index (χ0v) is 14.5. The topological polar surface area (TPSA) is 64.7 Å². The highest BCUT2D eigenvalue weighted by molar-refractivity contribution is 9.10. The van der Waals surface area contributed by atoms with Crippen molar-refractivity contribution in [1.29, 1.82) is 0 Å². The average Bonchev–Trinajstić information content (AvgIpc) is 2.61. The van der Waals surface area contributed by atoms with E-state index in [1.54, 1.807) is 18.3 Å². The van der Waals surface area contributed by atoms with Gasteiger partial charge in [-0.05, 0) is 53.6 Å². The van der Waals surface area contributed by atoms with Gasteiger partial charge in [-0.15, -0.1) is 0 Å². The molecule has 0 radical (unpaired) electrons. The molecule has 122 valence electrons. The second kappa shape index (κ2) is 6.22. The number of hydrogen-bond donors (Lipinski definition) is 1. The van der Waals surface area contributed by atoms with Crippen LogP contribution in [0.2, 0.25) is 0 Å². The standard InChI is InChI=1S/C19H12BrFN4/c20-13-3-1-2-12(8-13)15-9-17(11-4-6-14(21)7-5-11)24-18-16(15)10-23-19(22)25-18/h1-10H,(H2,22,23,24,25). The molecule has 4 aromatic rings. The van der Waals surface area contributed by atoms with Crippen LogP contribution in [0, 0.1) is 5.82 Å². The summed E-state index contributed by atoms with van der Waals surface area (Å²) in [6.45, 7) is 0. The maximum atomic E-state index is 13.2. The summed E-state index contributed by atoms with van der Waals surface area (Å²) in [5.41, 5.74) is 9.66. The van der Waals surface area contributed by atoms with E-state index in [4.69, 9.17) is 5.73 Å². The van der Waals surface area contributed by atoms with Crippen molar-refractivity contribution >= 4 is 32.9 Å². The van der Waals surface area contributed by atoms with Crippen LogP contribution < -0.4 is 5.73 Å². The number of rotatable bonds is 2. The van der Waals surface area contributed by atoms with Gasteiger partial charge in [0.05, 0.1) is 5.69 Å². The van der Waals surface area contributed by atoms with Crippen LogP contribution in [0.3, 0.4) is 0 Å². The molecule has 2 N–H and O–H groups in total. The summed E-state index contributed by atoms with van der Waals surface area (Å²) in [4.78, 5) is 12.9. The monoisotopic (exact) mass is 394 g/mol. The van der Waals surface area contributed by atoms with Crippen LogP contribution in [0.1, 0.15) is 0 Å². The van der Waals surface area contributed by atoms with Crippen LogP contribution >= 0.6 is 15.9 Å². The molecule has 0 bridgehead atoms. The Morgan fingerprint density at radius 3 is 2.48 bits per heavy atom. The molecule has 0 spiro atoms. The third-order valence-electron chi connectivity index (χ3n) is 3.86. The van der Waals surface area contributed by atoms with Gasteiger partial charge in [0.15, 0.2) is 5.65 Å². The fourth-order valence-electron chi connectivity index (χ4n) is 2.69. The van der Waals surface area contributed by atoms with Crippen LogP contribution in [0.4, 0.5) is 10.3 Å². The number of fused-ring (bicyclic) bond motifs is 1. The number of nitrogens with zero attached hydrogens (tertiary/aromatic N) is 3. The summed E-state index contributed by atoms with van der Waals surface area (Å²) < 4.78 is 14.2. The highest BCUT2D eigenvalue weighted by Crippen LogP contribution is 2.32. The maximum absolute atomic E-state index is 13.2. The Morgan fingerprint density at radius 2 is 1.72 bits per heavy atom. The van der Waals surface area contributed by atoms with Gasteiger partial charge < -0.3 is 5.73 Å². The summed E-state index contributed by atoms with van der Waals surface area (Å²) in [5.74, 6) is -0.125. The largest absolute Gasteiger partial charge is 0.368 e. The SMILES string of the molecule is Nc1ncc2c(-c3cccc(Br)c3)cc(-c3ccc(F)cc3)nc2n1. The number of halogens is 2. The lowest BCUT2D eigenvalue weighted by atomic mass is 10.0. The lowest BCUT2D eigenvalue weighted by Gasteiger charge is -2.10. The Hall–Kier alpha value is -2.86. The van der Waals surface area contributed by atoms with Gasteiger partial charge in [-0.3, -0.25) is 0 Å². The van der Waals surface area contributed by atoms with Gasteiger partial charge in [-0.1, -0.05) is 28.1 Å². The number of pyridine rings is 1. The Kier molecular flexibility index (Phi) is 3.89. The molecule has 2 heterocycles. The minimum atomic E-state index is -0.289. The lowest BCUT2D eigenvalue weighted by molar-refractivity contribution is 0.628. The zero-order valence-electron chi connectivity index (χ0n) is 12.9. The van der Waals surface area contributed by atoms with E-state index in [1.165, 1.54) is 12.1 Å². The van der Waals surface area contributed by atoms with Crippen molar-refractivity contribution < 1.29 is 4.39 Å². The molecule has 2 aromatic heterocycles. The predicted octanol–water partition coefficient (Wildman–Crippen LogP) is 4.84. The number of aromatic nitrogens is 3. The molecule has 0 unspecified atom stereocenters. The summed E-state index contributed by atoms with van der Waals surface area (Å²) in [5, 5.41) is 0.804. The molecule has 2 aromatic carbocycles. The Labute approximate surface area is 151 Å². The van der Waals surface area contributed by atoms with E-state index in [2.05, 4.69) is 30.9 Å². The van der Waals surface area contributed by atoms with Crippen molar-refractivity contribution in [1.82, 2.24) is 15.0 Å². The van der Waals surface area contributed by atoms with Crippen molar-refractivity contribution in [2.45, 2.75) is 0 Å². The summed E-state index contributed by atoms with van der Waals surface area (Å²) in [7, 11) is 0. The first-order valence-corrected chi connectivity index (χ1v) is 8.34. The summed E-state index contributed by atoms with van der Waals surface area (Å²) in [6, 6.07) is 16.1. The lowest BCUT2D eigenvalue weighted by Crippen LogP contribution is -1.98. The molecule has 25 heavy (non-hydrogen) atoms. The highest BCUT2D eigenvalue weighted by Gasteiger charge is 2.12. The third kappa shape index (κ3) is 3.08. The van der Waals surface area contributed by atoms with E-state index in [-0.39, 0.29) is 11.8 Å². The minimum absolute atomic E-state index is 0.163. The van der Waals surface area contributed by atoms with Gasteiger partial charge in [0, 0.05) is 21.6 Å². The first-order valence-electron chi connectivity index (χ1n) is 7.55. The van der Waals surface area contributed by atoms with Crippen molar-refractivity contribution in [2.24, 2.45) is 0 Å². The van der Waals surface area contributed by atoms with Crippen LogP contribution in [-0.2, 0) is 0 Å². The quantitative estimate of drug-likeness (QED) is 0.528. The van der Waals surface area contributed by atoms with Crippen molar-refractivity contribution in [3.05, 3.63) is 71.1 Å². The normalized spacial score (nSPS) is 11.0. The van der Waals surface area contributed by atoms with Gasteiger partial charge in [0.1, 0.15) is 5.82 Å².